The second-order valence-electron chi connectivity index (χ2n) is 4.13. The Hall–Kier alpha value is -2.17. The smallest absolute Gasteiger partial charge is 0.220 e. The van der Waals surface area contributed by atoms with Crippen LogP contribution in [0.25, 0.3) is 11.1 Å². The molecule has 1 amide bonds. The van der Waals surface area contributed by atoms with E-state index in [1.807, 2.05) is 18.2 Å². The molecule has 2 rings (SSSR count). The lowest BCUT2D eigenvalue weighted by Gasteiger charge is -2.04. The fourth-order valence-electron chi connectivity index (χ4n) is 1.59. The van der Waals surface area contributed by atoms with Gasteiger partial charge in [0.15, 0.2) is 12.0 Å². The highest BCUT2D eigenvalue weighted by Gasteiger charge is 2.04. The zero-order chi connectivity index (χ0) is 13.0. The Labute approximate surface area is 104 Å². The van der Waals surface area contributed by atoms with Crippen LogP contribution < -0.4 is 5.32 Å². The number of oxazole rings is 1. The number of amides is 1. The first-order chi connectivity index (χ1) is 8.65. The number of carbonyl (C=O) groups is 2. The van der Waals surface area contributed by atoms with Crippen LogP contribution in [-0.2, 0) is 16.1 Å². The molecule has 0 aliphatic carbocycles. The van der Waals surface area contributed by atoms with E-state index in [1.54, 1.807) is 0 Å². The van der Waals surface area contributed by atoms with Crippen LogP contribution in [0.4, 0.5) is 0 Å². The van der Waals surface area contributed by atoms with Gasteiger partial charge in [-0.1, -0.05) is 6.07 Å². The summed E-state index contributed by atoms with van der Waals surface area (Å²) in [6.07, 6.45) is 1.91. The predicted octanol–water partition coefficient (Wildman–Crippen LogP) is 1.81. The molecule has 94 valence electrons. The summed E-state index contributed by atoms with van der Waals surface area (Å²) < 4.78 is 5.18. The standard InChI is InChI=1S/C13H14N2O3/c1-9(16)2-5-13(17)14-7-10-3-4-11-12(6-10)18-8-15-11/h3-4,6,8H,2,5,7H2,1H3,(H,14,17). The van der Waals surface area contributed by atoms with Crippen LogP contribution in [0, 0.1) is 0 Å². The number of carbonyl (C=O) groups excluding carboxylic acids is 2. The molecule has 1 heterocycles. The molecule has 1 aromatic carbocycles. The van der Waals surface area contributed by atoms with Crippen molar-refractivity contribution in [3.63, 3.8) is 0 Å². The van der Waals surface area contributed by atoms with Crippen molar-refractivity contribution in [3.05, 3.63) is 30.2 Å². The maximum absolute atomic E-state index is 11.4. The number of ketones is 1. The van der Waals surface area contributed by atoms with Crippen molar-refractivity contribution in [2.45, 2.75) is 26.3 Å². The molecule has 2 aromatic rings. The number of fused-ring (bicyclic) bond motifs is 1. The van der Waals surface area contributed by atoms with Gasteiger partial charge in [0.05, 0.1) is 0 Å². The van der Waals surface area contributed by atoms with E-state index >= 15 is 0 Å². The summed E-state index contributed by atoms with van der Waals surface area (Å²) in [6, 6.07) is 5.57. The highest BCUT2D eigenvalue weighted by Crippen LogP contribution is 2.14. The molecule has 5 nitrogen and oxygen atoms in total. The van der Waals surface area contributed by atoms with Crippen molar-refractivity contribution >= 4 is 22.8 Å². The number of nitrogens with one attached hydrogen (secondary N) is 1. The van der Waals surface area contributed by atoms with E-state index in [-0.39, 0.29) is 24.5 Å². The lowest BCUT2D eigenvalue weighted by Crippen LogP contribution is -2.22. The molecule has 18 heavy (non-hydrogen) atoms. The highest BCUT2D eigenvalue weighted by molar-refractivity contribution is 5.83. The van der Waals surface area contributed by atoms with Gasteiger partial charge in [0.2, 0.25) is 5.91 Å². The normalized spacial score (nSPS) is 10.5. The molecule has 5 heteroatoms. The molecule has 0 aliphatic heterocycles. The van der Waals surface area contributed by atoms with E-state index in [0.717, 1.165) is 11.1 Å². The second kappa shape index (κ2) is 5.44. The fraction of sp³-hybridized carbons (Fsp3) is 0.308. The van der Waals surface area contributed by atoms with Gasteiger partial charge in [-0.25, -0.2) is 4.98 Å². The molecular formula is C13H14N2O3. The predicted molar refractivity (Wildman–Crippen MR) is 65.8 cm³/mol. The summed E-state index contributed by atoms with van der Waals surface area (Å²) >= 11 is 0. The van der Waals surface area contributed by atoms with Gasteiger partial charge in [0.1, 0.15) is 11.3 Å². The monoisotopic (exact) mass is 246 g/mol. The second-order valence-corrected chi connectivity index (χ2v) is 4.13. The Bertz CT molecular complexity index is 574. The Balaban J connectivity index is 1.89. The number of aromatic nitrogens is 1. The molecule has 0 unspecified atom stereocenters. The first kappa shape index (κ1) is 12.3. The molecule has 0 atom stereocenters. The summed E-state index contributed by atoms with van der Waals surface area (Å²) in [6.45, 7) is 1.90. The summed E-state index contributed by atoms with van der Waals surface area (Å²) in [5, 5.41) is 2.76. The molecule has 0 bridgehead atoms. The third kappa shape index (κ3) is 3.16. The van der Waals surface area contributed by atoms with Gasteiger partial charge in [-0.2, -0.15) is 0 Å². The molecule has 0 spiro atoms. The zero-order valence-corrected chi connectivity index (χ0v) is 10.1. The Morgan fingerprint density at radius 1 is 1.33 bits per heavy atom. The molecule has 0 saturated carbocycles. The maximum Gasteiger partial charge on any atom is 0.220 e. The minimum atomic E-state index is -0.122. The third-order valence-electron chi connectivity index (χ3n) is 2.59. The largest absolute Gasteiger partial charge is 0.443 e. The van der Waals surface area contributed by atoms with Gasteiger partial charge in [0.25, 0.3) is 0 Å². The first-order valence-electron chi connectivity index (χ1n) is 5.73. The van der Waals surface area contributed by atoms with E-state index in [9.17, 15) is 9.59 Å². The number of hydrogen-bond acceptors (Lipinski definition) is 4. The minimum absolute atomic E-state index is 0.0215. The van der Waals surface area contributed by atoms with E-state index in [4.69, 9.17) is 4.42 Å². The van der Waals surface area contributed by atoms with E-state index < -0.39 is 0 Å². The Morgan fingerprint density at radius 3 is 2.94 bits per heavy atom. The zero-order valence-electron chi connectivity index (χ0n) is 10.1. The van der Waals surface area contributed by atoms with Gasteiger partial charge >= 0.3 is 0 Å². The van der Waals surface area contributed by atoms with Crippen LogP contribution >= 0.6 is 0 Å². The third-order valence-corrected chi connectivity index (χ3v) is 2.59. The van der Waals surface area contributed by atoms with Crippen molar-refractivity contribution in [2.75, 3.05) is 0 Å². The topological polar surface area (TPSA) is 72.2 Å². The lowest BCUT2D eigenvalue weighted by atomic mass is 10.2. The molecule has 0 saturated heterocycles. The van der Waals surface area contributed by atoms with Gasteiger partial charge < -0.3 is 14.5 Å². The molecule has 0 radical (unpaired) electrons. The molecule has 0 aliphatic rings. The van der Waals surface area contributed by atoms with Gasteiger partial charge in [-0.3, -0.25) is 4.79 Å². The maximum atomic E-state index is 11.4. The molecule has 0 fully saturated rings. The van der Waals surface area contributed by atoms with E-state index in [1.165, 1.54) is 13.3 Å². The van der Waals surface area contributed by atoms with Crippen LogP contribution in [0.5, 0.6) is 0 Å². The van der Waals surface area contributed by atoms with Crippen LogP contribution in [0.15, 0.2) is 29.0 Å². The molecular weight excluding hydrogens is 232 g/mol. The number of Topliss-reactive ketones (excluding diaryl/α,β-unsaturated/α-hetero) is 1. The molecule has 1 aromatic heterocycles. The lowest BCUT2D eigenvalue weighted by molar-refractivity contribution is -0.124. The van der Waals surface area contributed by atoms with Gasteiger partial charge in [-0.05, 0) is 24.6 Å². The van der Waals surface area contributed by atoms with E-state index in [2.05, 4.69) is 10.3 Å². The summed E-state index contributed by atoms with van der Waals surface area (Å²) in [4.78, 5) is 26.2. The fourth-order valence-corrected chi connectivity index (χ4v) is 1.59. The minimum Gasteiger partial charge on any atom is -0.443 e. The van der Waals surface area contributed by atoms with E-state index in [0.29, 0.717) is 12.1 Å². The SMILES string of the molecule is CC(=O)CCC(=O)NCc1ccc2ncoc2c1. The first-order valence-corrected chi connectivity index (χ1v) is 5.73. The van der Waals surface area contributed by atoms with Gasteiger partial charge in [0, 0.05) is 19.4 Å². The van der Waals surface area contributed by atoms with Crippen molar-refractivity contribution in [2.24, 2.45) is 0 Å². The van der Waals surface area contributed by atoms with Crippen LogP contribution in [0.3, 0.4) is 0 Å². The number of nitrogens with zero attached hydrogens (tertiary/aromatic N) is 1. The highest BCUT2D eigenvalue weighted by atomic mass is 16.3. The van der Waals surface area contributed by atoms with Gasteiger partial charge in [-0.15, -0.1) is 0 Å². The molecule has 1 N–H and O–H groups in total. The summed E-state index contributed by atoms with van der Waals surface area (Å²) in [5.41, 5.74) is 2.43. The summed E-state index contributed by atoms with van der Waals surface area (Å²) in [7, 11) is 0. The van der Waals surface area contributed by atoms with Crippen LogP contribution in [0.2, 0.25) is 0 Å². The van der Waals surface area contributed by atoms with Crippen molar-refractivity contribution < 1.29 is 14.0 Å². The van der Waals surface area contributed by atoms with Crippen molar-refractivity contribution in [1.29, 1.82) is 0 Å². The number of rotatable bonds is 5. The van der Waals surface area contributed by atoms with Crippen LogP contribution in [0.1, 0.15) is 25.3 Å². The Kier molecular flexibility index (Phi) is 3.72. The van der Waals surface area contributed by atoms with Crippen LogP contribution in [-0.4, -0.2) is 16.7 Å². The number of hydrogen-bond donors (Lipinski definition) is 1. The quantitative estimate of drug-likeness (QED) is 0.873. The number of benzene rings is 1. The average molecular weight is 246 g/mol. The van der Waals surface area contributed by atoms with Crippen molar-refractivity contribution in [3.8, 4) is 0 Å². The Morgan fingerprint density at radius 2 is 2.17 bits per heavy atom. The summed E-state index contributed by atoms with van der Waals surface area (Å²) in [5.74, 6) is -0.101. The average Bonchev–Trinajstić information content (AvgIpc) is 2.81. The van der Waals surface area contributed by atoms with Crippen molar-refractivity contribution in [1.82, 2.24) is 10.3 Å².